The first-order valence-electron chi connectivity index (χ1n) is 8.89. The van der Waals surface area contributed by atoms with E-state index in [9.17, 15) is 9.90 Å². The second-order valence-electron chi connectivity index (χ2n) is 6.91. The summed E-state index contributed by atoms with van der Waals surface area (Å²) in [5.41, 5.74) is 8.83. The van der Waals surface area contributed by atoms with Gasteiger partial charge in [0.2, 0.25) is 0 Å². The average Bonchev–Trinajstić information content (AvgIpc) is 2.65. The van der Waals surface area contributed by atoms with Crippen molar-refractivity contribution in [3.05, 3.63) is 59.4 Å². The summed E-state index contributed by atoms with van der Waals surface area (Å²) < 4.78 is 5.80. The number of rotatable bonds is 5. The molecule has 0 aliphatic carbocycles. The number of hydrogen-bond donors (Lipinski definition) is 3. The van der Waals surface area contributed by atoms with Crippen molar-refractivity contribution in [3.63, 3.8) is 0 Å². The van der Waals surface area contributed by atoms with Gasteiger partial charge in [0, 0.05) is 5.69 Å². The molecule has 1 heterocycles. The Bertz CT molecular complexity index is 859. The minimum absolute atomic E-state index is 0.0568. The van der Waals surface area contributed by atoms with E-state index in [1.54, 1.807) is 24.3 Å². The summed E-state index contributed by atoms with van der Waals surface area (Å²) in [6.07, 6.45) is 0.609. The van der Waals surface area contributed by atoms with Crippen LogP contribution in [0.2, 0.25) is 0 Å². The highest BCUT2D eigenvalue weighted by molar-refractivity contribution is 6.10. The van der Waals surface area contributed by atoms with Crippen LogP contribution in [0.15, 0.2) is 48.2 Å². The van der Waals surface area contributed by atoms with Gasteiger partial charge in [-0.1, -0.05) is 38.1 Å². The van der Waals surface area contributed by atoms with Crippen molar-refractivity contribution in [3.8, 4) is 5.75 Å². The molecule has 0 saturated carbocycles. The van der Waals surface area contributed by atoms with Gasteiger partial charge in [-0.15, -0.1) is 0 Å². The summed E-state index contributed by atoms with van der Waals surface area (Å²) in [6, 6.07) is 12.9. The first kappa shape index (κ1) is 18.9. The Balaban J connectivity index is 1.97. The van der Waals surface area contributed by atoms with Gasteiger partial charge in [-0.05, 0) is 41.3 Å². The van der Waals surface area contributed by atoms with Gasteiger partial charge < -0.3 is 20.7 Å². The fraction of sp³-hybridized carbons (Fsp3) is 0.286. The van der Waals surface area contributed by atoms with Crippen LogP contribution in [0.5, 0.6) is 5.75 Å². The molecule has 1 atom stereocenters. The molecule has 27 heavy (non-hydrogen) atoms. The third kappa shape index (κ3) is 4.13. The smallest absolute Gasteiger partial charge is 0.294 e. The largest absolute Gasteiger partial charge is 0.449 e. The summed E-state index contributed by atoms with van der Waals surface area (Å²) in [7, 11) is 0. The molecule has 0 spiro atoms. The highest BCUT2D eigenvalue weighted by Gasteiger charge is 2.31. The number of aliphatic hydroxyl groups excluding tert-OH is 2. The van der Waals surface area contributed by atoms with Gasteiger partial charge in [-0.3, -0.25) is 9.69 Å². The standard InChI is InChI=1S/C21H24N2O4/c1-13(2)15-5-3-14(4-6-15)9-20-21(26)23(11-17(25)12-24)18-10-16(22)7-8-19(18)27-20/h3-10,13,17,24-25H,11-12,22H2,1-2H3/b20-9+. The quantitative estimate of drug-likeness (QED) is 0.557. The van der Waals surface area contributed by atoms with Crippen LogP contribution in [-0.2, 0) is 4.79 Å². The Hall–Kier alpha value is -2.83. The maximum atomic E-state index is 12.9. The molecule has 1 unspecified atom stereocenters. The number of amides is 1. The molecular weight excluding hydrogens is 344 g/mol. The molecule has 0 radical (unpaired) electrons. The molecule has 142 valence electrons. The molecular formula is C21H24N2O4. The molecule has 0 fully saturated rings. The van der Waals surface area contributed by atoms with Crippen LogP contribution in [0.3, 0.4) is 0 Å². The van der Waals surface area contributed by atoms with Gasteiger partial charge in [0.15, 0.2) is 11.5 Å². The van der Waals surface area contributed by atoms with Crippen LogP contribution in [0.1, 0.15) is 30.9 Å². The van der Waals surface area contributed by atoms with E-state index in [0.717, 1.165) is 5.56 Å². The number of anilines is 2. The summed E-state index contributed by atoms with van der Waals surface area (Å²) in [6.45, 7) is 3.74. The number of nitrogens with zero attached hydrogens (tertiary/aromatic N) is 1. The Morgan fingerprint density at radius 1 is 1.19 bits per heavy atom. The average molecular weight is 368 g/mol. The number of aliphatic hydroxyl groups is 2. The zero-order valence-electron chi connectivity index (χ0n) is 15.4. The van der Waals surface area contributed by atoms with E-state index >= 15 is 0 Å². The fourth-order valence-electron chi connectivity index (χ4n) is 2.91. The zero-order valence-corrected chi connectivity index (χ0v) is 15.4. The highest BCUT2D eigenvalue weighted by atomic mass is 16.5. The van der Waals surface area contributed by atoms with Gasteiger partial charge in [0.05, 0.1) is 24.9 Å². The predicted octanol–water partition coefficient (Wildman–Crippen LogP) is 2.51. The topological polar surface area (TPSA) is 96.0 Å². The first-order chi connectivity index (χ1) is 12.9. The number of hydrogen-bond acceptors (Lipinski definition) is 5. The van der Waals surface area contributed by atoms with Crippen LogP contribution in [0.4, 0.5) is 11.4 Å². The molecule has 6 heteroatoms. The van der Waals surface area contributed by atoms with Gasteiger partial charge in [-0.25, -0.2) is 0 Å². The van der Waals surface area contributed by atoms with Crippen LogP contribution < -0.4 is 15.4 Å². The fourth-order valence-corrected chi connectivity index (χ4v) is 2.91. The minimum Gasteiger partial charge on any atom is -0.449 e. The van der Waals surface area contributed by atoms with Crippen molar-refractivity contribution in [1.29, 1.82) is 0 Å². The van der Waals surface area contributed by atoms with E-state index in [4.69, 9.17) is 15.6 Å². The van der Waals surface area contributed by atoms with Gasteiger partial charge in [0.1, 0.15) is 0 Å². The minimum atomic E-state index is -1.06. The van der Waals surface area contributed by atoms with Crippen molar-refractivity contribution >= 4 is 23.4 Å². The predicted molar refractivity (Wildman–Crippen MR) is 105 cm³/mol. The maximum Gasteiger partial charge on any atom is 0.294 e. The normalized spacial score (nSPS) is 16.4. The molecule has 0 saturated heterocycles. The van der Waals surface area contributed by atoms with Gasteiger partial charge in [-0.2, -0.15) is 0 Å². The first-order valence-corrected chi connectivity index (χ1v) is 8.89. The molecule has 3 rings (SSSR count). The Labute approximate surface area is 158 Å². The number of nitrogen functional groups attached to an aromatic ring is 1. The van der Waals surface area contributed by atoms with E-state index in [-0.39, 0.29) is 12.3 Å². The van der Waals surface area contributed by atoms with E-state index in [0.29, 0.717) is 23.0 Å². The van der Waals surface area contributed by atoms with Crippen LogP contribution in [0.25, 0.3) is 6.08 Å². The number of benzene rings is 2. The summed E-state index contributed by atoms with van der Waals surface area (Å²) >= 11 is 0. The second-order valence-corrected chi connectivity index (χ2v) is 6.91. The third-order valence-corrected chi connectivity index (χ3v) is 4.45. The van der Waals surface area contributed by atoms with Crippen molar-refractivity contribution in [2.24, 2.45) is 0 Å². The molecule has 1 aliphatic heterocycles. The van der Waals surface area contributed by atoms with E-state index in [2.05, 4.69) is 13.8 Å². The van der Waals surface area contributed by atoms with E-state index in [1.807, 2.05) is 24.3 Å². The lowest BCUT2D eigenvalue weighted by Gasteiger charge is -2.31. The Kier molecular flexibility index (Phi) is 5.48. The number of ether oxygens (including phenoxy) is 1. The Morgan fingerprint density at radius 3 is 2.52 bits per heavy atom. The molecule has 2 aromatic rings. The van der Waals surface area contributed by atoms with Crippen LogP contribution >= 0.6 is 0 Å². The molecule has 2 aromatic carbocycles. The van der Waals surface area contributed by atoms with Gasteiger partial charge in [0.25, 0.3) is 5.91 Å². The van der Waals surface area contributed by atoms with Crippen LogP contribution in [-0.4, -0.2) is 35.4 Å². The summed E-state index contributed by atoms with van der Waals surface area (Å²) in [5.74, 6) is 0.647. The molecule has 6 nitrogen and oxygen atoms in total. The molecule has 0 bridgehead atoms. The number of carbonyl (C=O) groups is 1. The van der Waals surface area contributed by atoms with Crippen molar-refractivity contribution in [2.45, 2.75) is 25.9 Å². The maximum absolute atomic E-state index is 12.9. The van der Waals surface area contributed by atoms with Gasteiger partial charge >= 0.3 is 0 Å². The van der Waals surface area contributed by atoms with Crippen LogP contribution in [0, 0.1) is 0 Å². The van der Waals surface area contributed by atoms with Crippen molar-refractivity contribution < 1.29 is 19.7 Å². The zero-order chi connectivity index (χ0) is 19.6. The van der Waals surface area contributed by atoms with Crippen molar-refractivity contribution in [2.75, 3.05) is 23.8 Å². The molecule has 0 aromatic heterocycles. The molecule has 1 aliphatic rings. The highest BCUT2D eigenvalue weighted by Crippen LogP contribution is 2.37. The monoisotopic (exact) mass is 368 g/mol. The number of β-amino-alcohol motifs (C(OH)–C–C–N with tert-alkyl or cyclic N) is 1. The lowest BCUT2D eigenvalue weighted by molar-refractivity contribution is -0.118. The molecule has 1 amide bonds. The third-order valence-electron chi connectivity index (χ3n) is 4.45. The Morgan fingerprint density at radius 2 is 1.89 bits per heavy atom. The lowest BCUT2D eigenvalue weighted by atomic mass is 10.0. The SMILES string of the molecule is CC(C)c1ccc(/C=C2/Oc3ccc(N)cc3N(CC(O)CO)C2=O)cc1. The molecule has 4 N–H and O–H groups in total. The summed E-state index contributed by atoms with van der Waals surface area (Å²) in [5, 5.41) is 19.0. The van der Waals surface area contributed by atoms with E-state index < -0.39 is 18.6 Å². The van der Waals surface area contributed by atoms with Crippen molar-refractivity contribution in [1.82, 2.24) is 0 Å². The number of carbonyl (C=O) groups excluding carboxylic acids is 1. The number of nitrogens with two attached hydrogens (primary N) is 1. The summed E-state index contributed by atoms with van der Waals surface area (Å²) in [4.78, 5) is 14.3. The number of fused-ring (bicyclic) bond motifs is 1. The second kappa shape index (κ2) is 7.82. The van der Waals surface area contributed by atoms with E-state index in [1.165, 1.54) is 10.5 Å². The lowest BCUT2D eigenvalue weighted by Crippen LogP contribution is -2.43.